The first-order chi connectivity index (χ1) is 12.3. The Kier molecular flexibility index (Phi) is 14.5. The average molecular weight is 414 g/mol. The second kappa shape index (κ2) is 14.3. The summed E-state index contributed by atoms with van der Waals surface area (Å²) >= 11 is 0. The summed E-state index contributed by atoms with van der Waals surface area (Å²) in [6.07, 6.45) is 9.14. The lowest BCUT2D eigenvalue weighted by Crippen LogP contribution is -2.56. The zero-order valence-corrected chi connectivity index (χ0v) is 19.0. The smallest absolute Gasteiger partial charge is 0.317 e. The second-order valence-corrected chi connectivity index (χ2v) is 8.61. The Balaban J connectivity index is 6.22. The molecule has 0 aliphatic rings. The molecule has 0 saturated carbocycles. The minimum absolute atomic E-state index is 0.559. The minimum atomic E-state index is -3.22. The molecule has 0 spiro atoms. The van der Waals surface area contributed by atoms with E-state index in [0.29, 0.717) is 25.7 Å². The van der Waals surface area contributed by atoms with Crippen LogP contribution in [0.15, 0.2) is 0 Å². The monoisotopic (exact) mass is 414 g/mol. The summed E-state index contributed by atoms with van der Waals surface area (Å²) in [6.45, 7) is 8.23. The molecular formula is C18H40O6P2. The van der Waals surface area contributed by atoms with Gasteiger partial charge in [0.05, 0.1) is 0 Å². The highest BCUT2D eigenvalue weighted by Gasteiger charge is 2.53. The van der Waals surface area contributed by atoms with E-state index in [2.05, 4.69) is 27.7 Å². The summed E-state index contributed by atoms with van der Waals surface area (Å²) in [7, 11) is -6.44. The molecule has 0 amide bonds. The zero-order chi connectivity index (χ0) is 20.1. The molecule has 26 heavy (non-hydrogen) atoms. The van der Waals surface area contributed by atoms with Crippen LogP contribution in [-0.4, -0.2) is 21.0 Å². The molecule has 6 nitrogen and oxygen atoms in total. The van der Waals surface area contributed by atoms with Crippen molar-refractivity contribution >= 4 is 16.5 Å². The topological polar surface area (TPSA) is 93.1 Å². The number of hydrogen-bond acceptors (Lipinski definition) is 4. The molecule has 2 atom stereocenters. The summed E-state index contributed by atoms with van der Waals surface area (Å²) in [5.74, 6) is 0. The molecule has 0 saturated heterocycles. The lowest BCUT2D eigenvalue weighted by atomic mass is 9.71. The molecule has 8 heteroatoms. The van der Waals surface area contributed by atoms with Gasteiger partial charge in [-0.15, -0.1) is 0 Å². The van der Waals surface area contributed by atoms with E-state index in [1.54, 1.807) is 0 Å². The standard InChI is InChI=1S/C18H40O6P2/c1-5-9-13-17(14-10-6-2,23-25(19)20)18(15-11-7-3,16-12-8-4)24-26(21)22/h25-26H,5-16H2,1-4H3,(H,19,20)(H,21,22). The number of hydrogen-bond donors (Lipinski definition) is 2. The highest BCUT2D eigenvalue weighted by molar-refractivity contribution is 7.32. The molecule has 0 rings (SSSR count). The second-order valence-electron chi connectivity index (χ2n) is 7.14. The maximum atomic E-state index is 11.8. The van der Waals surface area contributed by atoms with Gasteiger partial charge in [-0.3, -0.25) is 9.13 Å². The van der Waals surface area contributed by atoms with Crippen molar-refractivity contribution in [3.8, 4) is 0 Å². The molecule has 0 aliphatic heterocycles. The van der Waals surface area contributed by atoms with E-state index in [1.807, 2.05) is 0 Å². The van der Waals surface area contributed by atoms with Crippen LogP contribution in [0.3, 0.4) is 0 Å². The van der Waals surface area contributed by atoms with Crippen LogP contribution in [0.4, 0.5) is 0 Å². The van der Waals surface area contributed by atoms with Gasteiger partial charge in [-0.1, -0.05) is 79.1 Å². The van der Waals surface area contributed by atoms with Crippen LogP contribution in [0.5, 0.6) is 0 Å². The van der Waals surface area contributed by atoms with Crippen molar-refractivity contribution in [1.82, 2.24) is 0 Å². The predicted octanol–water partition coefficient (Wildman–Crippen LogP) is 6.02. The molecule has 2 unspecified atom stereocenters. The fraction of sp³-hybridized carbons (Fsp3) is 1.00. The van der Waals surface area contributed by atoms with Crippen molar-refractivity contribution in [2.45, 2.75) is 116 Å². The summed E-state index contributed by atoms with van der Waals surface area (Å²) in [5.41, 5.74) is -2.01. The maximum absolute atomic E-state index is 11.8. The fourth-order valence-electron chi connectivity index (χ4n) is 3.73. The quantitative estimate of drug-likeness (QED) is 0.283. The first kappa shape index (κ1) is 26.3. The van der Waals surface area contributed by atoms with Gasteiger partial charge in [-0.05, 0) is 25.7 Å². The summed E-state index contributed by atoms with van der Waals surface area (Å²) in [5, 5.41) is 0. The molecule has 0 aromatic carbocycles. The first-order valence-electron chi connectivity index (χ1n) is 10.2. The highest BCUT2D eigenvalue weighted by Crippen LogP contribution is 2.52. The normalized spacial score (nSPS) is 15.2. The van der Waals surface area contributed by atoms with Crippen LogP contribution in [-0.2, 0) is 18.2 Å². The fourth-order valence-corrected chi connectivity index (χ4v) is 5.18. The molecule has 0 heterocycles. The van der Waals surface area contributed by atoms with Gasteiger partial charge in [0, 0.05) is 0 Å². The van der Waals surface area contributed by atoms with E-state index in [1.165, 1.54) is 0 Å². The lowest BCUT2D eigenvalue weighted by molar-refractivity contribution is -0.140. The van der Waals surface area contributed by atoms with Crippen molar-refractivity contribution in [2.24, 2.45) is 0 Å². The van der Waals surface area contributed by atoms with Gasteiger partial charge < -0.3 is 18.8 Å². The van der Waals surface area contributed by atoms with Crippen LogP contribution >= 0.6 is 16.5 Å². The molecule has 0 aromatic heterocycles. The Labute approximate surface area is 161 Å². The minimum Gasteiger partial charge on any atom is -0.326 e. The third-order valence-corrected chi connectivity index (χ3v) is 6.26. The van der Waals surface area contributed by atoms with Gasteiger partial charge in [0.25, 0.3) is 0 Å². The van der Waals surface area contributed by atoms with Gasteiger partial charge in [-0.2, -0.15) is 0 Å². The maximum Gasteiger partial charge on any atom is 0.317 e. The Bertz CT molecular complexity index is 362. The van der Waals surface area contributed by atoms with Gasteiger partial charge in [0.15, 0.2) is 0 Å². The summed E-state index contributed by atoms with van der Waals surface area (Å²) < 4.78 is 35.1. The molecule has 0 fully saturated rings. The number of rotatable bonds is 17. The largest absolute Gasteiger partial charge is 0.326 e. The van der Waals surface area contributed by atoms with Gasteiger partial charge in [0.2, 0.25) is 0 Å². The third kappa shape index (κ3) is 8.54. The highest BCUT2D eigenvalue weighted by atomic mass is 31.1. The van der Waals surface area contributed by atoms with Crippen LogP contribution in [0.2, 0.25) is 0 Å². The summed E-state index contributed by atoms with van der Waals surface area (Å²) in [4.78, 5) is 19.3. The van der Waals surface area contributed by atoms with E-state index in [-0.39, 0.29) is 0 Å². The van der Waals surface area contributed by atoms with E-state index in [9.17, 15) is 18.9 Å². The van der Waals surface area contributed by atoms with Crippen molar-refractivity contribution in [2.75, 3.05) is 0 Å². The molecule has 2 N–H and O–H groups in total. The van der Waals surface area contributed by atoms with Crippen LogP contribution in [0.25, 0.3) is 0 Å². The van der Waals surface area contributed by atoms with Gasteiger partial charge in [0.1, 0.15) is 11.2 Å². The first-order valence-corrected chi connectivity index (χ1v) is 12.7. The van der Waals surface area contributed by atoms with Crippen molar-refractivity contribution < 1.29 is 28.0 Å². The summed E-state index contributed by atoms with van der Waals surface area (Å²) in [6, 6.07) is 0. The third-order valence-electron chi connectivity index (χ3n) is 5.13. The zero-order valence-electron chi connectivity index (χ0n) is 17.0. The van der Waals surface area contributed by atoms with Gasteiger partial charge in [-0.25, -0.2) is 0 Å². The lowest BCUT2D eigenvalue weighted by Gasteiger charge is -2.49. The Hall–Kier alpha value is 0.300. The van der Waals surface area contributed by atoms with Crippen molar-refractivity contribution in [3.63, 3.8) is 0 Å². The molecule has 158 valence electrons. The number of unbranched alkanes of at least 4 members (excludes halogenated alkanes) is 4. The molecule has 0 bridgehead atoms. The predicted molar refractivity (Wildman–Crippen MR) is 108 cm³/mol. The van der Waals surface area contributed by atoms with E-state index in [4.69, 9.17) is 9.05 Å². The van der Waals surface area contributed by atoms with E-state index >= 15 is 0 Å². The molecule has 0 aliphatic carbocycles. The Morgan fingerprint density at radius 2 is 0.846 bits per heavy atom. The average Bonchev–Trinajstić information content (AvgIpc) is 2.58. The molecular weight excluding hydrogens is 374 g/mol. The molecule has 0 radical (unpaired) electrons. The van der Waals surface area contributed by atoms with Crippen molar-refractivity contribution in [3.05, 3.63) is 0 Å². The van der Waals surface area contributed by atoms with E-state index in [0.717, 1.165) is 51.4 Å². The van der Waals surface area contributed by atoms with Gasteiger partial charge >= 0.3 is 16.5 Å². The van der Waals surface area contributed by atoms with Crippen LogP contribution < -0.4 is 0 Å². The molecule has 0 aromatic rings. The van der Waals surface area contributed by atoms with Crippen LogP contribution in [0.1, 0.15) is 105 Å². The van der Waals surface area contributed by atoms with E-state index < -0.39 is 27.7 Å². The Morgan fingerprint density at radius 1 is 0.615 bits per heavy atom. The van der Waals surface area contributed by atoms with Crippen LogP contribution in [0, 0.1) is 0 Å². The Morgan fingerprint density at radius 3 is 1.00 bits per heavy atom. The van der Waals surface area contributed by atoms with Crippen molar-refractivity contribution in [1.29, 1.82) is 0 Å². The SMILES string of the molecule is CCCCC(CCCC)(O[PH](=O)O)C(CCCC)(CCCC)O[PH](=O)O.